The number of benzene rings is 2. The number of aromatic nitrogens is 2. The van der Waals surface area contributed by atoms with Crippen LogP contribution in [0.2, 0.25) is 0 Å². The summed E-state index contributed by atoms with van der Waals surface area (Å²) in [6.07, 6.45) is 6.76. The van der Waals surface area contributed by atoms with E-state index in [1.807, 2.05) is 24.5 Å². The zero-order valence-corrected chi connectivity index (χ0v) is 14.5. The van der Waals surface area contributed by atoms with E-state index in [0.29, 0.717) is 0 Å². The second-order valence-corrected chi connectivity index (χ2v) is 6.99. The Morgan fingerprint density at radius 3 is 2.35 bits per heavy atom. The molecule has 0 fully saturated rings. The van der Waals surface area contributed by atoms with Gasteiger partial charge in [-0.15, -0.1) is 0 Å². The van der Waals surface area contributed by atoms with Gasteiger partial charge in [0.2, 0.25) is 0 Å². The van der Waals surface area contributed by atoms with Crippen molar-refractivity contribution < 1.29 is 0 Å². The zero-order valence-electron chi connectivity index (χ0n) is 14.5. The lowest BCUT2D eigenvalue weighted by atomic mass is 9.76. The molecule has 3 aromatic rings. The molecule has 128 valence electrons. The molecular weight excluding hydrogens is 320 g/mol. The van der Waals surface area contributed by atoms with Crippen molar-refractivity contribution in [3.63, 3.8) is 0 Å². The topological polar surface area (TPSA) is 33.4 Å². The third-order valence-corrected chi connectivity index (χ3v) is 5.56. The van der Waals surface area contributed by atoms with Crippen LogP contribution in [0.3, 0.4) is 0 Å². The van der Waals surface area contributed by atoms with Crippen LogP contribution in [0.15, 0.2) is 84.1 Å². The van der Waals surface area contributed by atoms with Gasteiger partial charge in [0.15, 0.2) is 0 Å². The smallest absolute Gasteiger partial charge is 0.0951 e. The molecule has 26 heavy (non-hydrogen) atoms. The van der Waals surface area contributed by atoms with Gasteiger partial charge in [-0.3, -0.25) is 5.01 Å². The van der Waals surface area contributed by atoms with Crippen LogP contribution >= 0.6 is 0 Å². The second kappa shape index (κ2) is 5.70. The molecule has 0 saturated carbocycles. The largest absolute Gasteiger partial charge is 0.255 e. The van der Waals surface area contributed by atoms with Gasteiger partial charge in [0, 0.05) is 6.42 Å². The van der Waals surface area contributed by atoms with Gasteiger partial charge in [-0.25, -0.2) is 4.68 Å². The molecule has 1 aliphatic carbocycles. The van der Waals surface area contributed by atoms with Crippen LogP contribution in [0.25, 0.3) is 5.69 Å². The molecule has 1 aliphatic heterocycles. The highest BCUT2D eigenvalue weighted by atomic mass is 15.5. The Bertz CT molecular complexity index is 987. The SMILES string of the molecule is C=C1C=NN(c2ccccc2)C12CCc1cnn(-c3ccccc3)c1C2. The number of hydrogen-bond acceptors (Lipinski definition) is 3. The zero-order chi connectivity index (χ0) is 17.6. The Kier molecular flexibility index (Phi) is 3.32. The minimum atomic E-state index is -0.207. The minimum Gasteiger partial charge on any atom is -0.255 e. The lowest BCUT2D eigenvalue weighted by Crippen LogP contribution is -2.49. The van der Waals surface area contributed by atoms with Crippen molar-refractivity contribution in [2.24, 2.45) is 5.10 Å². The molecule has 0 bridgehead atoms. The first kappa shape index (κ1) is 15.1. The third-order valence-electron chi connectivity index (χ3n) is 5.56. The van der Waals surface area contributed by atoms with Gasteiger partial charge < -0.3 is 0 Å². The predicted molar refractivity (Wildman–Crippen MR) is 105 cm³/mol. The fourth-order valence-corrected chi connectivity index (χ4v) is 4.14. The van der Waals surface area contributed by atoms with Crippen LogP contribution in [0.5, 0.6) is 0 Å². The Morgan fingerprint density at radius 1 is 0.923 bits per heavy atom. The van der Waals surface area contributed by atoms with Crippen LogP contribution < -0.4 is 5.01 Å². The molecule has 2 aromatic carbocycles. The van der Waals surface area contributed by atoms with E-state index in [1.54, 1.807) is 0 Å². The van der Waals surface area contributed by atoms with Crippen molar-refractivity contribution in [1.82, 2.24) is 9.78 Å². The van der Waals surface area contributed by atoms with Crippen LogP contribution in [0, 0.1) is 0 Å². The summed E-state index contributed by atoms with van der Waals surface area (Å²) in [5, 5.41) is 11.5. The quantitative estimate of drug-likeness (QED) is 0.702. The predicted octanol–water partition coefficient (Wildman–Crippen LogP) is 4.16. The lowest BCUT2D eigenvalue weighted by Gasteiger charge is -2.41. The van der Waals surface area contributed by atoms with E-state index in [-0.39, 0.29) is 5.54 Å². The van der Waals surface area contributed by atoms with Gasteiger partial charge in [0.05, 0.1) is 35.0 Å². The summed E-state index contributed by atoms with van der Waals surface area (Å²) in [7, 11) is 0. The Hall–Kier alpha value is -3.14. The van der Waals surface area contributed by atoms with Gasteiger partial charge >= 0.3 is 0 Å². The van der Waals surface area contributed by atoms with Crippen molar-refractivity contribution in [1.29, 1.82) is 0 Å². The van der Waals surface area contributed by atoms with Crippen LogP contribution in [-0.2, 0) is 12.8 Å². The summed E-state index contributed by atoms with van der Waals surface area (Å²) in [5.41, 5.74) is 5.66. The van der Waals surface area contributed by atoms with E-state index in [0.717, 1.165) is 36.2 Å². The maximum atomic E-state index is 4.70. The fraction of sp³-hybridized carbons (Fsp3) is 0.182. The van der Waals surface area contributed by atoms with Gasteiger partial charge in [0.1, 0.15) is 0 Å². The maximum Gasteiger partial charge on any atom is 0.0951 e. The average Bonchev–Trinajstić information content (AvgIpc) is 3.25. The van der Waals surface area contributed by atoms with E-state index < -0.39 is 0 Å². The summed E-state index contributed by atoms with van der Waals surface area (Å²) in [5.74, 6) is 0. The van der Waals surface area contributed by atoms with Gasteiger partial charge in [-0.05, 0) is 48.2 Å². The van der Waals surface area contributed by atoms with Gasteiger partial charge in [-0.2, -0.15) is 10.2 Å². The Balaban J connectivity index is 1.59. The molecule has 0 radical (unpaired) electrons. The van der Waals surface area contributed by atoms with Gasteiger partial charge in [-0.1, -0.05) is 43.0 Å². The normalized spacial score (nSPS) is 21.4. The first-order valence-corrected chi connectivity index (χ1v) is 8.98. The molecule has 4 heteroatoms. The average molecular weight is 340 g/mol. The maximum absolute atomic E-state index is 4.70. The summed E-state index contributed by atoms with van der Waals surface area (Å²) < 4.78 is 2.07. The molecule has 0 N–H and O–H groups in total. The highest BCUT2D eigenvalue weighted by molar-refractivity contribution is 5.87. The first-order chi connectivity index (χ1) is 12.8. The van der Waals surface area contributed by atoms with Crippen LogP contribution in [-0.4, -0.2) is 21.5 Å². The highest BCUT2D eigenvalue weighted by Crippen LogP contribution is 2.43. The number of aryl methyl sites for hydroxylation is 1. The first-order valence-electron chi connectivity index (χ1n) is 8.98. The number of para-hydroxylation sites is 2. The summed E-state index contributed by atoms with van der Waals surface area (Å²) in [6, 6.07) is 20.7. The molecule has 4 nitrogen and oxygen atoms in total. The minimum absolute atomic E-state index is 0.207. The monoisotopic (exact) mass is 340 g/mol. The molecule has 1 atom stereocenters. The van der Waals surface area contributed by atoms with Crippen molar-refractivity contribution in [2.75, 3.05) is 5.01 Å². The molecular formula is C22H20N4. The number of hydrogen-bond donors (Lipinski definition) is 0. The van der Waals surface area contributed by atoms with E-state index in [2.05, 4.69) is 69.9 Å². The van der Waals surface area contributed by atoms with E-state index in [9.17, 15) is 0 Å². The van der Waals surface area contributed by atoms with Crippen molar-refractivity contribution in [3.05, 3.63) is 90.3 Å². The van der Waals surface area contributed by atoms with Crippen LogP contribution in [0.1, 0.15) is 17.7 Å². The standard InChI is InChI=1S/C22H20N4/c1-17-15-24-26(20-10-6-3-7-11-20)22(17)13-12-18-16-23-25(21(18)14-22)19-8-4-2-5-9-19/h2-11,15-16H,1,12-14H2. The Morgan fingerprint density at radius 2 is 1.62 bits per heavy atom. The molecule has 5 rings (SSSR count). The number of rotatable bonds is 2. The number of nitrogens with zero attached hydrogens (tertiary/aromatic N) is 4. The van der Waals surface area contributed by atoms with Crippen molar-refractivity contribution in [3.8, 4) is 5.69 Å². The highest BCUT2D eigenvalue weighted by Gasteiger charge is 2.46. The van der Waals surface area contributed by atoms with Crippen LogP contribution in [0.4, 0.5) is 5.69 Å². The molecule has 1 spiro atoms. The lowest BCUT2D eigenvalue weighted by molar-refractivity contribution is 0.417. The fourth-order valence-electron chi connectivity index (χ4n) is 4.14. The third kappa shape index (κ3) is 2.15. The van der Waals surface area contributed by atoms with Crippen molar-refractivity contribution in [2.45, 2.75) is 24.8 Å². The molecule has 2 heterocycles. The number of anilines is 1. The van der Waals surface area contributed by atoms with E-state index in [4.69, 9.17) is 5.10 Å². The summed E-state index contributed by atoms with van der Waals surface area (Å²) in [4.78, 5) is 0. The Labute approximate surface area is 153 Å². The second-order valence-electron chi connectivity index (χ2n) is 6.99. The molecule has 0 saturated heterocycles. The molecule has 0 amide bonds. The number of hydrazone groups is 1. The summed E-state index contributed by atoms with van der Waals surface area (Å²) >= 11 is 0. The summed E-state index contributed by atoms with van der Waals surface area (Å²) in [6.45, 7) is 4.35. The number of fused-ring (bicyclic) bond motifs is 1. The van der Waals surface area contributed by atoms with E-state index in [1.165, 1.54) is 11.3 Å². The molecule has 1 unspecified atom stereocenters. The van der Waals surface area contributed by atoms with Crippen molar-refractivity contribution >= 4 is 11.9 Å². The molecule has 2 aliphatic rings. The van der Waals surface area contributed by atoms with Gasteiger partial charge in [0.25, 0.3) is 0 Å². The van der Waals surface area contributed by atoms with E-state index >= 15 is 0 Å². The molecule has 1 aromatic heterocycles.